The summed E-state index contributed by atoms with van der Waals surface area (Å²) < 4.78 is 39.2. The topological polar surface area (TPSA) is 146 Å². The van der Waals surface area contributed by atoms with E-state index in [0.29, 0.717) is 17.1 Å². The van der Waals surface area contributed by atoms with Crippen LogP contribution in [-0.4, -0.2) is 60.6 Å². The van der Waals surface area contributed by atoms with Crippen LogP contribution in [0, 0.1) is 0 Å². The van der Waals surface area contributed by atoms with Gasteiger partial charge in [-0.1, -0.05) is 18.2 Å². The normalized spacial score (nSPS) is 10.5. The standard InChI is InChI=1S/C16H17NO3.C8H10AsNO5/c1-17(16(18)12-7-5-4-6-8-12)13-9-10-14(19-2)15(11-13)20-3;1-5(11)10-8-6(9(13,14)15)3-2-4-7(8)12/h4-11H,1-3H3;2-4,12H,1H3,(H,10,11)(H2,13,14,15). The van der Waals surface area contributed by atoms with Crippen LogP contribution in [0.4, 0.5) is 11.4 Å². The SMILES string of the molecule is CC(=O)Nc1c(O)cccc1[As](=O)(O)O.COc1ccc(N(C)C(=O)c2ccccc2)cc1OC. The maximum absolute atomic E-state index is 12.4. The zero-order chi connectivity index (χ0) is 26.2. The molecule has 0 radical (unpaired) electrons. The molecule has 35 heavy (non-hydrogen) atoms. The third kappa shape index (κ3) is 7.38. The number of phenols is 1. The molecule has 3 aromatic carbocycles. The zero-order valence-corrected chi connectivity index (χ0v) is 21.5. The number of hydrogen-bond acceptors (Lipinski definition) is 6. The van der Waals surface area contributed by atoms with E-state index >= 15 is 0 Å². The first kappa shape index (κ1) is 27.5. The van der Waals surface area contributed by atoms with Gasteiger partial charge in [-0.05, 0) is 24.3 Å². The molecule has 2 amide bonds. The van der Waals surface area contributed by atoms with Crippen molar-refractivity contribution < 1.29 is 36.1 Å². The van der Waals surface area contributed by atoms with E-state index in [4.69, 9.17) is 17.7 Å². The number of nitrogens with zero attached hydrogens (tertiary/aromatic N) is 1. The van der Waals surface area contributed by atoms with E-state index in [1.54, 1.807) is 50.4 Å². The summed E-state index contributed by atoms with van der Waals surface area (Å²) in [7, 11) is 4.88. The van der Waals surface area contributed by atoms with Gasteiger partial charge in [0.1, 0.15) is 0 Å². The molecule has 3 rings (SSSR count). The number of aromatic hydroxyl groups is 1. The van der Waals surface area contributed by atoms with Crippen molar-refractivity contribution in [1.29, 1.82) is 0 Å². The molecule has 0 saturated carbocycles. The van der Waals surface area contributed by atoms with Crippen LogP contribution in [0.1, 0.15) is 17.3 Å². The second-order valence-corrected chi connectivity index (χ2v) is 10.5. The van der Waals surface area contributed by atoms with Gasteiger partial charge in [0.2, 0.25) is 0 Å². The predicted octanol–water partition coefficient (Wildman–Crippen LogP) is 1.89. The Labute approximate surface area is 205 Å². The van der Waals surface area contributed by atoms with Crippen molar-refractivity contribution in [2.75, 3.05) is 31.5 Å². The fourth-order valence-corrected chi connectivity index (χ4v) is 4.56. The summed E-state index contributed by atoms with van der Waals surface area (Å²) in [6, 6.07) is 18.2. The summed E-state index contributed by atoms with van der Waals surface area (Å²) in [5.74, 6) is 0.279. The largest absolute Gasteiger partial charge is 0.493 e. The molecule has 0 spiro atoms. The molecule has 0 aliphatic rings. The Morgan fingerprint density at radius 3 is 2.09 bits per heavy atom. The number of carbonyl (C=O) groups excluding carboxylic acids is 2. The van der Waals surface area contributed by atoms with Crippen molar-refractivity contribution in [3.63, 3.8) is 0 Å². The first-order valence-electron chi connectivity index (χ1n) is 10.2. The minimum absolute atomic E-state index is 0.0715. The van der Waals surface area contributed by atoms with Crippen LogP contribution >= 0.6 is 0 Å². The number of phenolic OH excluding ortho intramolecular Hbond substituents is 1. The van der Waals surface area contributed by atoms with Gasteiger partial charge in [-0.2, -0.15) is 0 Å². The summed E-state index contributed by atoms with van der Waals surface area (Å²) in [5.41, 5.74) is 1.17. The molecule has 0 bridgehead atoms. The molecule has 10 nitrogen and oxygen atoms in total. The van der Waals surface area contributed by atoms with Crippen molar-refractivity contribution in [1.82, 2.24) is 0 Å². The van der Waals surface area contributed by atoms with Gasteiger partial charge in [-0.3, -0.25) is 4.79 Å². The molecular weight excluding hydrogens is 519 g/mol. The molecule has 0 heterocycles. The third-order valence-electron chi connectivity index (χ3n) is 4.72. The molecule has 0 aromatic heterocycles. The van der Waals surface area contributed by atoms with Gasteiger partial charge in [-0.15, -0.1) is 0 Å². The second kappa shape index (κ2) is 12.1. The number of rotatable bonds is 6. The molecule has 0 unspecified atom stereocenters. The number of anilines is 2. The Balaban J connectivity index is 0.000000258. The van der Waals surface area contributed by atoms with Gasteiger partial charge in [0.25, 0.3) is 5.91 Å². The Hall–Kier alpha value is -3.72. The average Bonchev–Trinajstić information content (AvgIpc) is 2.84. The fourth-order valence-electron chi connectivity index (χ4n) is 3.00. The van der Waals surface area contributed by atoms with Crippen LogP contribution in [0.15, 0.2) is 66.7 Å². The minimum atomic E-state index is -5.14. The first-order chi connectivity index (χ1) is 16.5. The van der Waals surface area contributed by atoms with Crippen molar-refractivity contribution in [3.05, 3.63) is 72.3 Å². The fraction of sp³-hybridized carbons (Fsp3) is 0.167. The van der Waals surface area contributed by atoms with Crippen LogP contribution in [0.2, 0.25) is 0 Å². The Bertz CT molecular complexity index is 1230. The van der Waals surface area contributed by atoms with Crippen molar-refractivity contribution in [2.45, 2.75) is 6.92 Å². The van der Waals surface area contributed by atoms with Gasteiger partial charge in [0.05, 0.1) is 14.2 Å². The number of ether oxygens (including phenoxy) is 2. The summed E-state index contributed by atoms with van der Waals surface area (Å²) in [4.78, 5) is 24.7. The van der Waals surface area contributed by atoms with Gasteiger partial charge < -0.3 is 14.4 Å². The number of nitrogens with one attached hydrogen (secondary N) is 1. The monoisotopic (exact) mass is 546 g/mol. The summed E-state index contributed by atoms with van der Waals surface area (Å²) >= 11 is -5.14. The molecule has 0 aliphatic heterocycles. The second-order valence-electron chi connectivity index (χ2n) is 7.17. The van der Waals surface area contributed by atoms with Crippen LogP contribution in [0.25, 0.3) is 0 Å². The number of amides is 2. The van der Waals surface area contributed by atoms with Crippen molar-refractivity contribution in [3.8, 4) is 17.2 Å². The average molecular weight is 546 g/mol. The van der Waals surface area contributed by atoms with Crippen LogP contribution < -0.4 is 24.0 Å². The van der Waals surface area contributed by atoms with Crippen molar-refractivity contribution in [2.24, 2.45) is 0 Å². The smallest absolute Gasteiger partial charge is 0.258 e. The van der Waals surface area contributed by atoms with Crippen LogP contribution in [-0.2, 0) is 8.53 Å². The maximum atomic E-state index is 12.4. The van der Waals surface area contributed by atoms with Crippen LogP contribution in [0.5, 0.6) is 17.2 Å². The molecule has 0 fully saturated rings. The van der Waals surface area contributed by atoms with E-state index in [2.05, 4.69) is 5.32 Å². The molecular formula is C24H27AsN2O8. The zero-order valence-electron chi connectivity index (χ0n) is 19.6. The van der Waals surface area contributed by atoms with E-state index in [1.165, 1.54) is 25.1 Å². The number of methoxy groups -OCH3 is 2. The van der Waals surface area contributed by atoms with E-state index in [0.717, 1.165) is 5.69 Å². The van der Waals surface area contributed by atoms with E-state index in [9.17, 15) is 18.4 Å². The van der Waals surface area contributed by atoms with Gasteiger partial charge in [0.15, 0.2) is 11.5 Å². The maximum Gasteiger partial charge on any atom is 0.258 e. The summed E-state index contributed by atoms with van der Waals surface area (Å²) in [6.07, 6.45) is 0. The number of benzene rings is 3. The molecule has 4 N–H and O–H groups in total. The molecule has 3 aromatic rings. The molecule has 11 heteroatoms. The Kier molecular flexibility index (Phi) is 9.53. The molecule has 0 saturated heterocycles. The molecule has 0 aliphatic carbocycles. The molecule has 186 valence electrons. The summed E-state index contributed by atoms with van der Waals surface area (Å²) in [5, 5.41) is 11.5. The Morgan fingerprint density at radius 1 is 0.914 bits per heavy atom. The van der Waals surface area contributed by atoms with Gasteiger partial charge >= 0.3 is 88.1 Å². The van der Waals surface area contributed by atoms with Crippen molar-refractivity contribution >= 4 is 41.7 Å². The van der Waals surface area contributed by atoms with E-state index in [1.807, 2.05) is 24.3 Å². The quantitative estimate of drug-likeness (QED) is 0.271. The van der Waals surface area contributed by atoms with Crippen LogP contribution in [0.3, 0.4) is 0 Å². The Morgan fingerprint density at radius 2 is 1.54 bits per heavy atom. The number of para-hydroxylation sites is 1. The number of hydrogen-bond donors (Lipinski definition) is 4. The summed E-state index contributed by atoms with van der Waals surface area (Å²) in [6.45, 7) is 1.18. The third-order valence-corrected chi connectivity index (χ3v) is 6.81. The minimum Gasteiger partial charge on any atom is -0.493 e. The molecule has 0 atom stereocenters. The first-order valence-corrected chi connectivity index (χ1v) is 13.6. The van der Waals surface area contributed by atoms with E-state index < -0.39 is 20.1 Å². The van der Waals surface area contributed by atoms with Gasteiger partial charge in [0, 0.05) is 24.4 Å². The van der Waals surface area contributed by atoms with E-state index in [-0.39, 0.29) is 21.7 Å². The number of carbonyl (C=O) groups is 2. The van der Waals surface area contributed by atoms with Gasteiger partial charge in [-0.25, -0.2) is 0 Å². The predicted molar refractivity (Wildman–Crippen MR) is 132 cm³/mol.